The van der Waals surface area contributed by atoms with Crippen molar-refractivity contribution in [2.75, 3.05) is 39.6 Å². The molecular formula is C89H148O17P2. The fourth-order valence-corrected chi connectivity index (χ4v) is 12.3. The summed E-state index contributed by atoms with van der Waals surface area (Å²) in [7, 11) is -10.0. The Morgan fingerprint density at radius 2 is 0.500 bits per heavy atom. The molecule has 0 fully saturated rings. The van der Waals surface area contributed by atoms with E-state index in [-0.39, 0.29) is 25.7 Å². The lowest BCUT2D eigenvalue weighted by molar-refractivity contribution is -0.161. The van der Waals surface area contributed by atoms with Gasteiger partial charge in [0, 0.05) is 25.7 Å². The number of phosphoric ester groups is 2. The molecule has 0 amide bonds. The van der Waals surface area contributed by atoms with E-state index in [9.17, 15) is 43.2 Å². The Bertz CT molecular complexity index is 2660. The summed E-state index contributed by atoms with van der Waals surface area (Å²) in [5.41, 5.74) is 0. The highest BCUT2D eigenvalue weighted by atomic mass is 31.2. The first-order valence-electron chi connectivity index (χ1n) is 41.7. The van der Waals surface area contributed by atoms with E-state index in [0.29, 0.717) is 32.1 Å². The zero-order chi connectivity index (χ0) is 78.9. The van der Waals surface area contributed by atoms with Crippen LogP contribution in [0.15, 0.2) is 158 Å². The summed E-state index contributed by atoms with van der Waals surface area (Å²) in [5.74, 6) is -2.32. The number of rotatable bonds is 77. The third-order valence-electron chi connectivity index (χ3n) is 17.0. The molecule has 5 atom stereocenters. The molecule has 616 valence electrons. The second kappa shape index (κ2) is 79.8. The maximum atomic E-state index is 13.1. The summed E-state index contributed by atoms with van der Waals surface area (Å²) >= 11 is 0. The lowest BCUT2D eigenvalue weighted by atomic mass is 10.1. The molecule has 17 nitrogen and oxygen atoms in total. The van der Waals surface area contributed by atoms with Crippen LogP contribution in [-0.2, 0) is 65.4 Å². The first-order chi connectivity index (χ1) is 52.7. The number of phosphoric acid groups is 2. The van der Waals surface area contributed by atoms with E-state index in [0.717, 1.165) is 180 Å². The van der Waals surface area contributed by atoms with Crippen molar-refractivity contribution in [1.82, 2.24) is 0 Å². The molecule has 0 bridgehead atoms. The van der Waals surface area contributed by atoms with Gasteiger partial charge in [-0.05, 0) is 161 Å². The van der Waals surface area contributed by atoms with E-state index >= 15 is 0 Å². The van der Waals surface area contributed by atoms with Crippen molar-refractivity contribution in [2.24, 2.45) is 0 Å². The number of carbonyl (C=O) groups is 4. The van der Waals surface area contributed by atoms with Crippen LogP contribution in [0.2, 0.25) is 0 Å². The van der Waals surface area contributed by atoms with Crippen molar-refractivity contribution in [1.29, 1.82) is 0 Å². The minimum atomic E-state index is -5.01. The average molecular weight is 1550 g/mol. The molecule has 0 aromatic heterocycles. The topological polar surface area (TPSA) is 237 Å². The number of aliphatic hydroxyl groups is 1. The van der Waals surface area contributed by atoms with Gasteiger partial charge in [-0.1, -0.05) is 295 Å². The van der Waals surface area contributed by atoms with Gasteiger partial charge in [0.2, 0.25) is 0 Å². The predicted octanol–water partition coefficient (Wildman–Crippen LogP) is 24.8. The molecule has 0 heterocycles. The maximum Gasteiger partial charge on any atom is 0.472 e. The highest BCUT2D eigenvalue weighted by Gasteiger charge is 2.30. The van der Waals surface area contributed by atoms with Crippen LogP contribution >= 0.6 is 15.6 Å². The summed E-state index contributed by atoms with van der Waals surface area (Å²) in [6.07, 6.45) is 93.7. The van der Waals surface area contributed by atoms with Crippen LogP contribution in [0.5, 0.6) is 0 Å². The van der Waals surface area contributed by atoms with E-state index in [1.165, 1.54) is 57.8 Å². The number of aliphatic hydroxyl groups excluding tert-OH is 1. The minimum Gasteiger partial charge on any atom is -0.462 e. The lowest BCUT2D eigenvalue weighted by Crippen LogP contribution is -2.30. The van der Waals surface area contributed by atoms with Gasteiger partial charge >= 0.3 is 39.5 Å². The Morgan fingerprint density at radius 1 is 0.269 bits per heavy atom. The van der Waals surface area contributed by atoms with E-state index in [1.54, 1.807) is 0 Å². The van der Waals surface area contributed by atoms with Gasteiger partial charge in [-0.15, -0.1) is 0 Å². The molecule has 0 aromatic carbocycles. The standard InChI is InChI=1S/C89H148O17P2/c1-5-9-13-17-21-25-29-33-37-39-41-43-47-51-55-59-63-67-71-75-88(93)105-84(79-99-86(91)73-69-65-61-57-53-49-45-35-31-27-23-19-15-11-7-3)81-103-107(95,96)101-77-83(90)78-102-108(97,98)104-82-85(80-100-87(92)74-70-66-62-58-54-50-46-36-32-28-24-20-16-12-8-4)106-89(94)76-72-68-64-60-56-52-48-44-42-40-38-34-30-26-22-18-14-10-6-2/h9-10,13-14,21-22,25-28,31-34,37-38,41-44,51-52,55-56,63,67,83-85,90H,5-8,11-12,15-20,23-24,29-30,35-36,39-40,45-50,53-54,57-62,64-66,68-82H2,1-4H3,(H,95,96)(H,97,98)/b13-9-,14-10-,25-21-,26-22-,31-27-,32-28-,37-33-,38-34-,43-41-,44-42-,55-51-,56-52-,67-63-/t83-,84-,85-/m1/s1. The van der Waals surface area contributed by atoms with Crippen molar-refractivity contribution >= 4 is 39.5 Å². The largest absolute Gasteiger partial charge is 0.472 e. The molecular weight excluding hydrogens is 1400 g/mol. The number of carbonyl (C=O) groups excluding carboxylic acids is 4. The molecule has 0 saturated heterocycles. The van der Waals surface area contributed by atoms with Crippen LogP contribution in [0, 0.1) is 0 Å². The smallest absolute Gasteiger partial charge is 0.462 e. The third-order valence-corrected chi connectivity index (χ3v) is 18.9. The molecule has 2 unspecified atom stereocenters. The monoisotopic (exact) mass is 1550 g/mol. The zero-order valence-electron chi connectivity index (χ0n) is 67.5. The van der Waals surface area contributed by atoms with Gasteiger partial charge in [0.05, 0.1) is 26.4 Å². The predicted molar refractivity (Wildman–Crippen MR) is 445 cm³/mol. The van der Waals surface area contributed by atoms with Crippen molar-refractivity contribution in [2.45, 2.75) is 341 Å². The molecule has 19 heteroatoms. The van der Waals surface area contributed by atoms with Crippen LogP contribution in [-0.4, -0.2) is 96.7 Å². The molecule has 0 aliphatic carbocycles. The molecule has 0 radical (unpaired) electrons. The Balaban J connectivity index is 5.49. The van der Waals surface area contributed by atoms with Gasteiger partial charge in [-0.2, -0.15) is 0 Å². The van der Waals surface area contributed by atoms with Gasteiger partial charge < -0.3 is 33.8 Å². The molecule has 0 spiro atoms. The number of ether oxygens (including phenoxy) is 4. The summed E-state index contributed by atoms with van der Waals surface area (Å²) < 4.78 is 68.6. The number of allylic oxidation sites excluding steroid dienone is 26. The second-order valence-corrected chi connectivity index (χ2v) is 30.2. The lowest BCUT2D eigenvalue weighted by Gasteiger charge is -2.21. The van der Waals surface area contributed by atoms with E-state index in [1.807, 2.05) is 18.2 Å². The van der Waals surface area contributed by atoms with Crippen molar-refractivity contribution < 1.29 is 80.2 Å². The average Bonchev–Trinajstić information content (AvgIpc) is 0.907. The van der Waals surface area contributed by atoms with Gasteiger partial charge in [0.15, 0.2) is 12.2 Å². The Kier molecular flexibility index (Phi) is 75.8. The van der Waals surface area contributed by atoms with Crippen molar-refractivity contribution in [3.05, 3.63) is 158 Å². The van der Waals surface area contributed by atoms with E-state index < -0.39 is 97.5 Å². The van der Waals surface area contributed by atoms with Crippen LogP contribution in [0.25, 0.3) is 0 Å². The molecule has 0 rings (SSSR count). The maximum absolute atomic E-state index is 13.1. The van der Waals surface area contributed by atoms with Crippen LogP contribution in [0.4, 0.5) is 0 Å². The highest BCUT2D eigenvalue weighted by Crippen LogP contribution is 2.45. The van der Waals surface area contributed by atoms with Gasteiger partial charge in [-0.25, -0.2) is 9.13 Å². The fraction of sp³-hybridized carbons (Fsp3) is 0.663. The van der Waals surface area contributed by atoms with Crippen LogP contribution < -0.4 is 0 Å². The van der Waals surface area contributed by atoms with E-state index in [2.05, 4.69) is 167 Å². The summed E-state index contributed by atoms with van der Waals surface area (Å²) in [5, 5.41) is 10.7. The number of hydrogen-bond acceptors (Lipinski definition) is 15. The molecule has 0 aliphatic heterocycles. The Morgan fingerprint density at radius 3 is 0.815 bits per heavy atom. The molecule has 0 aliphatic rings. The molecule has 3 N–H and O–H groups in total. The minimum absolute atomic E-state index is 0.0357. The summed E-state index contributed by atoms with van der Waals surface area (Å²) in [4.78, 5) is 73.1. The summed E-state index contributed by atoms with van der Waals surface area (Å²) in [6, 6.07) is 0. The quantitative estimate of drug-likeness (QED) is 0.0169. The number of hydrogen-bond donors (Lipinski definition) is 3. The molecule has 0 saturated carbocycles. The van der Waals surface area contributed by atoms with Crippen LogP contribution in [0.1, 0.15) is 323 Å². The first-order valence-corrected chi connectivity index (χ1v) is 44.7. The summed E-state index contributed by atoms with van der Waals surface area (Å²) in [6.45, 7) is 4.50. The van der Waals surface area contributed by atoms with Gasteiger partial charge in [0.1, 0.15) is 19.3 Å². The van der Waals surface area contributed by atoms with E-state index in [4.69, 9.17) is 37.0 Å². The highest BCUT2D eigenvalue weighted by molar-refractivity contribution is 7.47. The second-order valence-electron chi connectivity index (χ2n) is 27.3. The number of unbranched alkanes of at least 4 members (excludes halogenated alkanes) is 25. The van der Waals surface area contributed by atoms with Gasteiger partial charge in [-0.3, -0.25) is 37.3 Å². The molecule has 108 heavy (non-hydrogen) atoms. The SMILES string of the molecule is CC/C=C\C/C=C\C/C=C\C/C=C\C/C=C\C/C=C\CCC(=O)O[C@H](COC(=O)CCCCCCCCC/C=C\CCCCCC)COP(=O)(O)OC[C@@H](O)COP(=O)(O)OC[C@@H](COC(=O)CCCCCCCCC/C=C\CCCCCC)OC(=O)CCCCC/C=C\C/C=C\C/C=C\C/C=C\C/C=C\CC. The van der Waals surface area contributed by atoms with Crippen molar-refractivity contribution in [3.63, 3.8) is 0 Å². The van der Waals surface area contributed by atoms with Crippen LogP contribution in [0.3, 0.4) is 0 Å². The number of esters is 4. The fourth-order valence-electron chi connectivity index (χ4n) is 10.7. The third kappa shape index (κ3) is 78.8. The first kappa shape index (κ1) is 103. The van der Waals surface area contributed by atoms with Crippen molar-refractivity contribution in [3.8, 4) is 0 Å². The van der Waals surface area contributed by atoms with Gasteiger partial charge in [0.25, 0.3) is 0 Å². The zero-order valence-corrected chi connectivity index (χ0v) is 69.3. The molecule has 0 aromatic rings. The Hall–Kier alpha value is -5.32. The Labute approximate surface area is 655 Å². The normalized spacial score (nSPS) is 14.6.